The molecule has 156 valence electrons. The Morgan fingerprint density at radius 1 is 1.40 bits per heavy atom. The molecule has 0 saturated heterocycles. The fourth-order valence-electron chi connectivity index (χ4n) is 3.56. The van der Waals surface area contributed by atoms with E-state index in [1.165, 1.54) is 22.0 Å². The third-order valence-corrected chi connectivity index (χ3v) is 6.61. The lowest BCUT2D eigenvalue weighted by molar-refractivity contribution is -0.121. The molecular formula is C21H21BrN4O3S. The van der Waals surface area contributed by atoms with Gasteiger partial charge in [-0.25, -0.2) is 10.4 Å². The first kappa shape index (κ1) is 20.7. The zero-order chi connectivity index (χ0) is 21.1. The van der Waals surface area contributed by atoms with Gasteiger partial charge in [0.2, 0.25) is 0 Å². The summed E-state index contributed by atoms with van der Waals surface area (Å²) in [5, 5.41) is 4.69. The minimum atomic E-state index is -0.397. The van der Waals surface area contributed by atoms with Crippen LogP contribution >= 0.6 is 27.3 Å². The Morgan fingerprint density at radius 3 is 3.07 bits per heavy atom. The van der Waals surface area contributed by atoms with Crippen LogP contribution in [0.2, 0.25) is 0 Å². The fraction of sp³-hybridized carbons (Fsp3) is 0.333. The standard InChI is InChI=1S/C21H21BrN4O3S/c1-2-29-16-8-7-14(22)9-13(16)10-24-25-18(27)11-26-12-23-20-19(21(26)28)15-5-3-4-6-17(15)30-20/h7-10,12H,2-6,11H2,1H3,(H,25,27)/b24-10+. The summed E-state index contributed by atoms with van der Waals surface area (Å²) in [7, 11) is 0. The molecule has 1 aliphatic carbocycles. The molecule has 1 aliphatic rings. The first-order valence-electron chi connectivity index (χ1n) is 9.80. The number of ether oxygens (including phenoxy) is 1. The predicted molar refractivity (Wildman–Crippen MR) is 122 cm³/mol. The maximum atomic E-state index is 12.9. The minimum absolute atomic E-state index is 0.138. The maximum Gasteiger partial charge on any atom is 0.262 e. The lowest BCUT2D eigenvalue weighted by Crippen LogP contribution is -2.30. The summed E-state index contributed by atoms with van der Waals surface area (Å²) in [6.45, 7) is 2.29. The smallest absolute Gasteiger partial charge is 0.262 e. The molecule has 0 aliphatic heterocycles. The minimum Gasteiger partial charge on any atom is -0.493 e. The van der Waals surface area contributed by atoms with Gasteiger partial charge in [-0.2, -0.15) is 5.10 Å². The summed E-state index contributed by atoms with van der Waals surface area (Å²) in [4.78, 5) is 31.7. The monoisotopic (exact) mass is 488 g/mol. The highest BCUT2D eigenvalue weighted by molar-refractivity contribution is 9.10. The molecule has 0 fully saturated rings. The van der Waals surface area contributed by atoms with E-state index in [0.29, 0.717) is 17.7 Å². The number of carbonyl (C=O) groups is 1. The van der Waals surface area contributed by atoms with Gasteiger partial charge in [0.1, 0.15) is 17.1 Å². The van der Waals surface area contributed by atoms with Gasteiger partial charge in [-0.05, 0) is 56.4 Å². The van der Waals surface area contributed by atoms with Crippen molar-refractivity contribution in [3.05, 3.63) is 55.4 Å². The molecule has 9 heteroatoms. The van der Waals surface area contributed by atoms with E-state index in [2.05, 4.69) is 31.4 Å². The number of fused-ring (bicyclic) bond motifs is 3. The zero-order valence-electron chi connectivity index (χ0n) is 16.5. The number of benzene rings is 1. The second-order valence-electron chi connectivity index (χ2n) is 6.98. The average molecular weight is 489 g/mol. The van der Waals surface area contributed by atoms with E-state index < -0.39 is 5.91 Å². The van der Waals surface area contributed by atoms with Gasteiger partial charge in [0.15, 0.2) is 0 Å². The van der Waals surface area contributed by atoms with Gasteiger partial charge < -0.3 is 4.74 Å². The van der Waals surface area contributed by atoms with Crippen molar-refractivity contribution in [1.29, 1.82) is 0 Å². The molecule has 3 aromatic rings. The van der Waals surface area contributed by atoms with E-state index in [4.69, 9.17) is 4.74 Å². The molecule has 1 amide bonds. The van der Waals surface area contributed by atoms with Crippen molar-refractivity contribution in [3.8, 4) is 5.75 Å². The quantitative estimate of drug-likeness (QED) is 0.423. The van der Waals surface area contributed by atoms with Crippen LogP contribution in [0.5, 0.6) is 5.75 Å². The average Bonchev–Trinajstić information content (AvgIpc) is 3.11. The molecule has 0 unspecified atom stereocenters. The van der Waals surface area contributed by atoms with Crippen LogP contribution < -0.4 is 15.7 Å². The van der Waals surface area contributed by atoms with Crippen molar-refractivity contribution < 1.29 is 9.53 Å². The third kappa shape index (κ3) is 4.32. The Labute approximate surface area is 185 Å². The maximum absolute atomic E-state index is 12.9. The number of rotatable bonds is 6. The van der Waals surface area contributed by atoms with Crippen molar-refractivity contribution in [1.82, 2.24) is 15.0 Å². The van der Waals surface area contributed by atoms with Crippen molar-refractivity contribution in [2.24, 2.45) is 5.10 Å². The van der Waals surface area contributed by atoms with Crippen molar-refractivity contribution >= 4 is 49.6 Å². The largest absolute Gasteiger partial charge is 0.493 e. The van der Waals surface area contributed by atoms with E-state index >= 15 is 0 Å². The number of hydrogen-bond acceptors (Lipinski definition) is 6. The SMILES string of the molecule is CCOc1ccc(Br)cc1/C=N/NC(=O)Cn1cnc2sc3c(c2c1=O)CCCC3. The van der Waals surface area contributed by atoms with Gasteiger partial charge in [-0.1, -0.05) is 15.9 Å². The summed E-state index contributed by atoms with van der Waals surface area (Å²) in [6, 6.07) is 5.56. The second-order valence-corrected chi connectivity index (χ2v) is 8.98. The molecule has 1 N–H and O–H groups in total. The van der Waals surface area contributed by atoms with Crippen LogP contribution in [-0.4, -0.2) is 28.3 Å². The Kier molecular flexibility index (Phi) is 6.29. The molecule has 0 spiro atoms. The van der Waals surface area contributed by atoms with Crippen molar-refractivity contribution in [3.63, 3.8) is 0 Å². The van der Waals surface area contributed by atoms with Gasteiger partial charge in [0.25, 0.3) is 11.5 Å². The van der Waals surface area contributed by atoms with E-state index in [9.17, 15) is 9.59 Å². The molecule has 30 heavy (non-hydrogen) atoms. The van der Waals surface area contributed by atoms with Gasteiger partial charge in [-0.3, -0.25) is 14.2 Å². The van der Waals surface area contributed by atoms with E-state index in [1.54, 1.807) is 11.3 Å². The van der Waals surface area contributed by atoms with Gasteiger partial charge in [0, 0.05) is 14.9 Å². The number of nitrogens with zero attached hydrogens (tertiary/aromatic N) is 3. The van der Waals surface area contributed by atoms with Crippen molar-refractivity contribution in [2.45, 2.75) is 39.2 Å². The molecule has 0 atom stereocenters. The van der Waals surface area contributed by atoms with Crippen LogP contribution in [0.1, 0.15) is 35.8 Å². The normalized spacial score (nSPS) is 13.5. The summed E-state index contributed by atoms with van der Waals surface area (Å²) >= 11 is 5.01. The molecule has 2 aromatic heterocycles. The van der Waals surface area contributed by atoms with Crippen LogP contribution in [0.25, 0.3) is 10.2 Å². The van der Waals surface area contributed by atoms with Crippen LogP contribution in [-0.2, 0) is 24.2 Å². The molecular weight excluding hydrogens is 468 g/mol. The molecule has 0 saturated carbocycles. The lowest BCUT2D eigenvalue weighted by Gasteiger charge is -2.10. The number of nitrogens with one attached hydrogen (secondary N) is 1. The topological polar surface area (TPSA) is 85.6 Å². The highest BCUT2D eigenvalue weighted by Crippen LogP contribution is 2.33. The number of thiophene rings is 1. The van der Waals surface area contributed by atoms with E-state index in [1.807, 2.05) is 25.1 Å². The number of carbonyl (C=O) groups excluding carboxylic acids is 1. The lowest BCUT2D eigenvalue weighted by atomic mass is 9.97. The molecule has 2 heterocycles. The predicted octanol–water partition coefficient (Wildman–Crippen LogP) is 3.65. The number of aromatic nitrogens is 2. The highest BCUT2D eigenvalue weighted by atomic mass is 79.9. The first-order chi connectivity index (χ1) is 14.6. The number of hydrazone groups is 1. The third-order valence-electron chi connectivity index (χ3n) is 4.92. The van der Waals surface area contributed by atoms with Crippen LogP contribution in [0.4, 0.5) is 0 Å². The summed E-state index contributed by atoms with van der Waals surface area (Å²) in [5.41, 5.74) is 4.16. The van der Waals surface area contributed by atoms with Crippen molar-refractivity contribution in [2.75, 3.05) is 6.61 Å². The summed E-state index contributed by atoms with van der Waals surface area (Å²) < 4.78 is 7.79. The van der Waals surface area contributed by atoms with Crippen LogP contribution in [0.3, 0.4) is 0 Å². The number of hydrogen-bond donors (Lipinski definition) is 1. The summed E-state index contributed by atoms with van der Waals surface area (Å²) in [6.07, 6.45) is 7.11. The first-order valence-corrected chi connectivity index (χ1v) is 11.4. The second kappa shape index (κ2) is 9.09. The number of amides is 1. The van der Waals surface area contributed by atoms with Gasteiger partial charge in [-0.15, -0.1) is 11.3 Å². The molecule has 7 nitrogen and oxygen atoms in total. The highest BCUT2D eigenvalue weighted by Gasteiger charge is 2.20. The Morgan fingerprint density at radius 2 is 2.23 bits per heavy atom. The van der Waals surface area contributed by atoms with E-state index in [-0.39, 0.29) is 12.1 Å². The molecule has 0 bridgehead atoms. The Hall–Kier alpha value is -2.52. The number of halogens is 1. The van der Waals surface area contributed by atoms with Gasteiger partial charge in [0.05, 0.1) is 24.5 Å². The van der Waals surface area contributed by atoms with Crippen LogP contribution in [0, 0.1) is 0 Å². The van der Waals surface area contributed by atoms with Crippen LogP contribution in [0.15, 0.2) is 38.9 Å². The van der Waals surface area contributed by atoms with Gasteiger partial charge >= 0.3 is 0 Å². The molecule has 4 rings (SSSR count). The Balaban J connectivity index is 1.49. The zero-order valence-corrected chi connectivity index (χ0v) is 18.9. The Bertz CT molecular complexity index is 1180. The fourth-order valence-corrected chi connectivity index (χ4v) is 5.16. The summed E-state index contributed by atoms with van der Waals surface area (Å²) in [5.74, 6) is 0.276. The van der Waals surface area contributed by atoms with E-state index in [0.717, 1.165) is 46.1 Å². The number of aryl methyl sites for hydroxylation is 2. The molecule has 0 radical (unpaired) electrons. The molecule has 1 aromatic carbocycles.